The summed E-state index contributed by atoms with van der Waals surface area (Å²) in [4.78, 5) is 15.3. The minimum atomic E-state index is -0.573. The second-order valence-electron chi connectivity index (χ2n) is 7.61. The first-order valence-corrected chi connectivity index (χ1v) is 10.7. The van der Waals surface area contributed by atoms with Gasteiger partial charge in [-0.05, 0) is 41.8 Å². The Bertz CT molecular complexity index is 977. The molecule has 0 saturated carbocycles. The third kappa shape index (κ3) is 5.32. The minimum absolute atomic E-state index is 0.204. The number of amides is 1. The van der Waals surface area contributed by atoms with Crippen LogP contribution in [0.5, 0.6) is 0 Å². The predicted molar refractivity (Wildman–Crippen MR) is 121 cm³/mol. The molecule has 0 unspecified atom stereocenters. The summed E-state index contributed by atoms with van der Waals surface area (Å²) >= 11 is 5.88. The van der Waals surface area contributed by atoms with Gasteiger partial charge in [0.15, 0.2) is 12.6 Å². The van der Waals surface area contributed by atoms with Gasteiger partial charge in [-0.25, -0.2) is 4.84 Å². The normalized spacial score (nSPS) is 19.8. The molecule has 1 amide bonds. The number of rotatable bonds is 8. The smallest absolute Gasteiger partial charge is 0.239 e. The van der Waals surface area contributed by atoms with E-state index >= 15 is 0 Å². The van der Waals surface area contributed by atoms with Crippen molar-refractivity contribution in [3.63, 3.8) is 0 Å². The third-order valence-electron chi connectivity index (χ3n) is 5.31. The van der Waals surface area contributed by atoms with Gasteiger partial charge < -0.3 is 14.8 Å². The molecule has 0 radical (unpaired) electrons. The van der Waals surface area contributed by atoms with E-state index in [9.17, 15) is 4.79 Å². The maximum Gasteiger partial charge on any atom is 0.239 e. The molecule has 31 heavy (non-hydrogen) atoms. The topological polar surface area (TPSA) is 59.6 Å². The van der Waals surface area contributed by atoms with Crippen LogP contribution in [0.25, 0.3) is 11.1 Å². The Morgan fingerprint density at radius 3 is 2.10 bits per heavy atom. The fourth-order valence-corrected chi connectivity index (χ4v) is 3.71. The molecule has 1 saturated heterocycles. The van der Waals surface area contributed by atoms with Crippen LogP contribution >= 0.6 is 11.8 Å². The largest absolute Gasteiger partial charge is 0.347 e. The van der Waals surface area contributed by atoms with Crippen molar-refractivity contribution in [1.82, 2.24) is 10.2 Å². The molecule has 2 atom stereocenters. The minimum Gasteiger partial charge on any atom is -0.347 e. The number of hydrogen-bond donors (Lipinski definition) is 2. The lowest BCUT2D eigenvalue weighted by Gasteiger charge is -2.40. The van der Waals surface area contributed by atoms with Crippen LogP contribution < -0.4 is 10.2 Å². The lowest BCUT2D eigenvalue weighted by Crippen LogP contribution is -2.54. The second-order valence-corrected chi connectivity index (χ2v) is 7.83. The highest BCUT2D eigenvalue weighted by Crippen LogP contribution is 2.33. The molecule has 1 heterocycles. The second kappa shape index (κ2) is 10.1. The van der Waals surface area contributed by atoms with E-state index in [1.165, 1.54) is 0 Å². The number of ether oxygens (including phenoxy) is 2. The van der Waals surface area contributed by atoms with Gasteiger partial charge in [0.2, 0.25) is 5.91 Å². The third-order valence-corrected chi connectivity index (χ3v) is 5.58. The Hall–Kier alpha value is -2.70. The van der Waals surface area contributed by atoms with Crippen molar-refractivity contribution >= 4 is 17.7 Å². The van der Waals surface area contributed by atoms with Gasteiger partial charge in [-0.3, -0.25) is 4.79 Å². The zero-order valence-electron chi connectivity index (χ0n) is 17.2. The van der Waals surface area contributed by atoms with Crippen LogP contribution in [0, 0.1) is 0 Å². The Labute approximate surface area is 187 Å². The van der Waals surface area contributed by atoms with Crippen LogP contribution in [0.15, 0.2) is 84.9 Å². The Kier molecular flexibility index (Phi) is 6.99. The fourth-order valence-electron chi connectivity index (χ4n) is 3.53. The highest BCUT2D eigenvalue weighted by molar-refractivity contribution is 6.15. The molecule has 0 spiro atoms. The van der Waals surface area contributed by atoms with Crippen molar-refractivity contribution in [2.75, 3.05) is 0 Å². The molecule has 1 aliphatic rings. The van der Waals surface area contributed by atoms with Crippen LogP contribution in [0.3, 0.4) is 0 Å². The van der Waals surface area contributed by atoms with Gasteiger partial charge in [0.1, 0.15) is 6.04 Å². The van der Waals surface area contributed by atoms with Gasteiger partial charge in [-0.1, -0.05) is 84.9 Å². The Balaban J connectivity index is 1.29. The summed E-state index contributed by atoms with van der Waals surface area (Å²) in [5, 5.41) is 2.93. The standard InChI is InChI=1S/C25H25ClN2O3/c1-17(24-30-25(31-24)21-10-6-3-7-11-21)27-23(29)22(28-26)16-18-12-14-20(15-13-18)19-8-4-2-5-9-19/h2-15,17,22,24-25,28H,16H2,1H3,(H,27,29)/t17-,22-,24?,25?/m0/s1. The van der Waals surface area contributed by atoms with Crippen LogP contribution in [0.2, 0.25) is 0 Å². The van der Waals surface area contributed by atoms with E-state index in [4.69, 9.17) is 21.3 Å². The van der Waals surface area contributed by atoms with E-state index in [0.717, 1.165) is 22.3 Å². The fraction of sp³-hybridized carbons (Fsp3) is 0.240. The van der Waals surface area contributed by atoms with Crippen molar-refractivity contribution in [1.29, 1.82) is 0 Å². The lowest BCUT2D eigenvalue weighted by molar-refractivity contribution is -0.396. The van der Waals surface area contributed by atoms with E-state index in [1.54, 1.807) is 0 Å². The van der Waals surface area contributed by atoms with E-state index in [2.05, 4.69) is 34.4 Å². The lowest BCUT2D eigenvalue weighted by atomic mass is 10.0. The monoisotopic (exact) mass is 436 g/mol. The summed E-state index contributed by atoms with van der Waals surface area (Å²) in [5.74, 6) is -0.204. The SMILES string of the molecule is C[C@H](NC(=O)[C@H](Cc1ccc(-c2ccccc2)cc1)NCl)C1OC(c2ccccc2)O1. The summed E-state index contributed by atoms with van der Waals surface area (Å²) < 4.78 is 11.6. The van der Waals surface area contributed by atoms with Gasteiger partial charge in [-0.2, -0.15) is 0 Å². The summed E-state index contributed by atoms with van der Waals surface area (Å²) in [5.41, 5.74) is 4.25. The molecule has 0 bridgehead atoms. The number of benzene rings is 3. The average Bonchev–Trinajstić information content (AvgIpc) is 2.78. The molecule has 160 valence electrons. The molecule has 6 heteroatoms. The molecule has 0 aliphatic carbocycles. The molecular formula is C25H25ClN2O3. The maximum absolute atomic E-state index is 12.7. The van der Waals surface area contributed by atoms with Crippen molar-refractivity contribution in [3.05, 3.63) is 96.1 Å². The van der Waals surface area contributed by atoms with Crippen LogP contribution in [0.1, 0.15) is 24.3 Å². The summed E-state index contributed by atoms with van der Waals surface area (Å²) in [6, 6.07) is 27.1. The molecule has 1 fully saturated rings. The van der Waals surface area contributed by atoms with Gasteiger partial charge in [0.25, 0.3) is 0 Å². The molecule has 2 N–H and O–H groups in total. The molecule has 3 aromatic rings. The first-order valence-electron chi connectivity index (χ1n) is 10.3. The Morgan fingerprint density at radius 2 is 1.48 bits per heavy atom. The first-order chi connectivity index (χ1) is 15.1. The van der Waals surface area contributed by atoms with Crippen LogP contribution in [-0.4, -0.2) is 24.3 Å². The number of carbonyl (C=O) groups excluding carboxylic acids is 1. The van der Waals surface area contributed by atoms with Gasteiger partial charge in [-0.15, -0.1) is 0 Å². The van der Waals surface area contributed by atoms with E-state index in [-0.39, 0.29) is 11.9 Å². The summed E-state index contributed by atoms with van der Waals surface area (Å²) in [6.07, 6.45) is -0.415. The maximum atomic E-state index is 12.7. The van der Waals surface area contributed by atoms with Gasteiger partial charge >= 0.3 is 0 Å². The molecule has 4 rings (SSSR count). The number of carbonyl (C=O) groups is 1. The average molecular weight is 437 g/mol. The van der Waals surface area contributed by atoms with Crippen molar-refractivity contribution in [3.8, 4) is 11.1 Å². The van der Waals surface area contributed by atoms with Crippen LogP contribution in [-0.2, 0) is 20.7 Å². The van der Waals surface area contributed by atoms with E-state index < -0.39 is 18.6 Å². The molecule has 0 aromatic heterocycles. The predicted octanol–water partition coefficient (Wildman–Crippen LogP) is 4.58. The van der Waals surface area contributed by atoms with Gasteiger partial charge in [0, 0.05) is 5.56 Å². The van der Waals surface area contributed by atoms with E-state index in [0.29, 0.717) is 6.42 Å². The summed E-state index contributed by atoms with van der Waals surface area (Å²) in [7, 11) is 0. The number of halogens is 1. The summed E-state index contributed by atoms with van der Waals surface area (Å²) in [6.45, 7) is 1.85. The van der Waals surface area contributed by atoms with Crippen LogP contribution in [0.4, 0.5) is 0 Å². The van der Waals surface area contributed by atoms with Crippen molar-refractivity contribution < 1.29 is 14.3 Å². The molecule has 3 aromatic carbocycles. The zero-order chi connectivity index (χ0) is 21.6. The highest BCUT2D eigenvalue weighted by Gasteiger charge is 2.37. The Morgan fingerprint density at radius 1 is 0.903 bits per heavy atom. The molecule has 5 nitrogen and oxygen atoms in total. The quantitative estimate of drug-likeness (QED) is 0.507. The van der Waals surface area contributed by atoms with Gasteiger partial charge in [0.05, 0.1) is 6.04 Å². The highest BCUT2D eigenvalue weighted by atomic mass is 35.5. The molecular weight excluding hydrogens is 412 g/mol. The first kappa shape index (κ1) is 21.5. The van der Waals surface area contributed by atoms with Crippen molar-refractivity contribution in [2.24, 2.45) is 0 Å². The molecule has 1 aliphatic heterocycles. The zero-order valence-corrected chi connectivity index (χ0v) is 18.0. The van der Waals surface area contributed by atoms with Crippen molar-refractivity contribution in [2.45, 2.75) is 38.0 Å². The number of hydrogen-bond acceptors (Lipinski definition) is 4. The van der Waals surface area contributed by atoms with E-state index in [1.807, 2.05) is 67.6 Å². The number of nitrogens with one attached hydrogen (secondary N) is 2.